The molecule has 28 heavy (non-hydrogen) atoms. The minimum Gasteiger partial charge on any atom is -0.489 e. The van der Waals surface area contributed by atoms with E-state index in [1.54, 1.807) is 6.07 Å². The summed E-state index contributed by atoms with van der Waals surface area (Å²) in [7, 11) is 0. The summed E-state index contributed by atoms with van der Waals surface area (Å²) in [6, 6.07) is 13.4. The average Bonchev–Trinajstić information content (AvgIpc) is 3.17. The number of aliphatic imine (C=N–C) groups is 1. The highest BCUT2D eigenvalue weighted by atomic mass is 35.5. The number of morpholine rings is 1. The van der Waals surface area contributed by atoms with E-state index >= 15 is 0 Å². The van der Waals surface area contributed by atoms with Crippen LogP contribution in [0.1, 0.15) is 0 Å². The number of nitrogens with zero attached hydrogens (tertiary/aromatic N) is 2. The fourth-order valence-corrected chi connectivity index (χ4v) is 3.71. The fourth-order valence-electron chi connectivity index (χ4n) is 3.30. The maximum Gasteiger partial charge on any atom is 0.182 e. The Bertz CT molecular complexity index is 823. The Hall–Kier alpha value is -1.63. The van der Waals surface area contributed by atoms with Crippen molar-refractivity contribution in [1.29, 1.82) is 0 Å². The van der Waals surface area contributed by atoms with Crippen LogP contribution in [0, 0.1) is 0 Å². The molecule has 0 radical (unpaired) electrons. The van der Waals surface area contributed by atoms with Crippen molar-refractivity contribution in [2.24, 2.45) is 4.99 Å². The first-order valence-corrected chi connectivity index (χ1v) is 10.1. The lowest BCUT2D eigenvalue weighted by molar-refractivity contribution is -0.0159. The topological polar surface area (TPSA) is 43.3 Å². The van der Waals surface area contributed by atoms with E-state index in [-0.39, 0.29) is 12.3 Å². The van der Waals surface area contributed by atoms with Crippen LogP contribution < -0.4 is 4.74 Å². The maximum absolute atomic E-state index is 6.29. The first-order valence-electron chi connectivity index (χ1n) is 9.35. The van der Waals surface area contributed by atoms with Gasteiger partial charge in [-0.25, -0.2) is 0 Å². The third kappa shape index (κ3) is 4.85. The molecule has 148 valence electrons. The first-order chi connectivity index (χ1) is 13.7. The van der Waals surface area contributed by atoms with E-state index < -0.39 is 0 Å². The molecule has 2 aliphatic rings. The number of halogens is 2. The number of ether oxygens (including phenoxy) is 3. The quantitative estimate of drug-likeness (QED) is 0.703. The summed E-state index contributed by atoms with van der Waals surface area (Å²) < 4.78 is 17.2. The summed E-state index contributed by atoms with van der Waals surface area (Å²) in [6.45, 7) is 4.68. The van der Waals surface area contributed by atoms with E-state index in [1.165, 1.54) is 0 Å². The van der Waals surface area contributed by atoms with E-state index in [9.17, 15) is 0 Å². The summed E-state index contributed by atoms with van der Waals surface area (Å²) >= 11 is 12.4. The van der Waals surface area contributed by atoms with Crippen molar-refractivity contribution < 1.29 is 14.2 Å². The predicted molar refractivity (Wildman–Crippen MR) is 112 cm³/mol. The number of hydrogen-bond donors (Lipinski definition) is 0. The van der Waals surface area contributed by atoms with Crippen molar-refractivity contribution in [3.05, 3.63) is 52.5 Å². The van der Waals surface area contributed by atoms with Gasteiger partial charge in [0.15, 0.2) is 6.23 Å². The van der Waals surface area contributed by atoms with Gasteiger partial charge in [-0.1, -0.05) is 47.5 Å². The van der Waals surface area contributed by atoms with E-state index in [0.717, 1.165) is 49.7 Å². The van der Waals surface area contributed by atoms with Crippen LogP contribution >= 0.6 is 23.2 Å². The van der Waals surface area contributed by atoms with Gasteiger partial charge in [-0.3, -0.25) is 9.89 Å². The van der Waals surface area contributed by atoms with Gasteiger partial charge in [0.05, 0.1) is 23.3 Å². The normalized spacial score (nSPS) is 22.5. The van der Waals surface area contributed by atoms with Crippen molar-refractivity contribution in [1.82, 2.24) is 4.90 Å². The summed E-state index contributed by atoms with van der Waals surface area (Å²) in [5.74, 6) is 0.761. The molecule has 2 atom stereocenters. The second-order valence-electron chi connectivity index (χ2n) is 6.78. The van der Waals surface area contributed by atoms with Crippen molar-refractivity contribution in [3.8, 4) is 16.9 Å². The van der Waals surface area contributed by atoms with Gasteiger partial charge in [0.1, 0.15) is 18.5 Å². The molecule has 0 aliphatic carbocycles. The molecular weight excluding hydrogens is 399 g/mol. The molecule has 1 fully saturated rings. The summed E-state index contributed by atoms with van der Waals surface area (Å²) in [4.78, 5) is 6.76. The van der Waals surface area contributed by atoms with Crippen molar-refractivity contribution >= 4 is 29.4 Å². The molecule has 0 saturated carbocycles. The van der Waals surface area contributed by atoms with Gasteiger partial charge in [0.2, 0.25) is 0 Å². The van der Waals surface area contributed by atoms with E-state index in [1.807, 2.05) is 42.6 Å². The molecule has 0 N–H and O–H groups in total. The summed E-state index contributed by atoms with van der Waals surface area (Å²) in [5.41, 5.74) is 1.89. The Morgan fingerprint density at radius 1 is 1.07 bits per heavy atom. The zero-order valence-corrected chi connectivity index (χ0v) is 16.9. The van der Waals surface area contributed by atoms with Gasteiger partial charge in [-0.05, 0) is 23.8 Å². The highest BCUT2D eigenvalue weighted by Gasteiger charge is 2.24. The molecule has 0 aromatic heterocycles. The van der Waals surface area contributed by atoms with Gasteiger partial charge in [-0.2, -0.15) is 0 Å². The summed E-state index contributed by atoms with van der Waals surface area (Å²) in [6.07, 6.45) is 1.63. The van der Waals surface area contributed by atoms with Crippen LogP contribution in [0.4, 0.5) is 0 Å². The van der Waals surface area contributed by atoms with Crippen molar-refractivity contribution in [2.45, 2.75) is 12.3 Å². The Balaban J connectivity index is 1.27. The Kier molecular flexibility index (Phi) is 6.50. The molecule has 0 bridgehead atoms. The standard InChI is InChI=1S/C21H22Cl2N2O3/c22-19-3-1-2-18(21(19)23)15-4-6-16(7-5-15)27-14-20-24-12-17(28-20)13-25-8-10-26-11-9-25/h1-7,12,17,20H,8-11,13-14H2/t17?,20-/m0/s1. The third-order valence-electron chi connectivity index (χ3n) is 4.80. The molecule has 2 aliphatic heterocycles. The summed E-state index contributed by atoms with van der Waals surface area (Å²) in [5, 5.41) is 1.10. The van der Waals surface area contributed by atoms with Crippen LogP contribution in [0.2, 0.25) is 10.0 Å². The molecule has 2 heterocycles. The molecule has 5 nitrogen and oxygen atoms in total. The minimum absolute atomic E-state index is 0.0130. The highest BCUT2D eigenvalue weighted by molar-refractivity contribution is 6.43. The molecule has 1 saturated heterocycles. The number of hydrogen-bond acceptors (Lipinski definition) is 5. The van der Waals surface area contributed by atoms with E-state index in [4.69, 9.17) is 37.4 Å². The zero-order valence-electron chi connectivity index (χ0n) is 15.4. The van der Waals surface area contributed by atoms with Crippen LogP contribution in [-0.2, 0) is 9.47 Å². The highest BCUT2D eigenvalue weighted by Crippen LogP contribution is 2.34. The lowest BCUT2D eigenvalue weighted by atomic mass is 10.1. The van der Waals surface area contributed by atoms with Crippen LogP contribution in [0.25, 0.3) is 11.1 Å². The van der Waals surface area contributed by atoms with Gasteiger partial charge in [0, 0.05) is 31.4 Å². The second kappa shape index (κ2) is 9.25. The molecule has 7 heteroatoms. The van der Waals surface area contributed by atoms with Crippen molar-refractivity contribution in [3.63, 3.8) is 0 Å². The molecule has 2 aromatic carbocycles. The second-order valence-corrected chi connectivity index (χ2v) is 7.56. The van der Waals surface area contributed by atoms with Crippen LogP contribution in [0.3, 0.4) is 0 Å². The Morgan fingerprint density at radius 3 is 2.64 bits per heavy atom. The average molecular weight is 421 g/mol. The monoisotopic (exact) mass is 420 g/mol. The van der Waals surface area contributed by atoms with Crippen LogP contribution in [-0.4, -0.2) is 62.9 Å². The number of benzene rings is 2. The third-order valence-corrected chi connectivity index (χ3v) is 5.62. The molecule has 2 aromatic rings. The Morgan fingerprint density at radius 2 is 1.86 bits per heavy atom. The molecule has 4 rings (SSSR count). The Labute approximate surface area is 174 Å². The smallest absolute Gasteiger partial charge is 0.182 e. The van der Waals surface area contributed by atoms with E-state index in [2.05, 4.69) is 9.89 Å². The SMILES string of the molecule is Clc1cccc(-c2ccc(OC[C@H]3N=CC(CN4CCOCC4)O3)cc2)c1Cl. The molecule has 0 amide bonds. The van der Waals surface area contributed by atoms with Crippen molar-refractivity contribution in [2.75, 3.05) is 39.5 Å². The number of rotatable bonds is 6. The fraction of sp³-hybridized carbons (Fsp3) is 0.381. The van der Waals surface area contributed by atoms with E-state index in [0.29, 0.717) is 16.7 Å². The van der Waals surface area contributed by atoms with Gasteiger partial charge in [-0.15, -0.1) is 0 Å². The lowest BCUT2D eigenvalue weighted by Gasteiger charge is -2.28. The molecular formula is C21H22Cl2N2O3. The van der Waals surface area contributed by atoms with Gasteiger partial charge in [0.25, 0.3) is 0 Å². The lowest BCUT2D eigenvalue weighted by Crippen LogP contribution is -2.41. The zero-order chi connectivity index (χ0) is 19.3. The van der Waals surface area contributed by atoms with Crippen LogP contribution in [0.5, 0.6) is 5.75 Å². The van der Waals surface area contributed by atoms with Crippen LogP contribution in [0.15, 0.2) is 47.5 Å². The van der Waals surface area contributed by atoms with Gasteiger partial charge >= 0.3 is 0 Å². The minimum atomic E-state index is -0.270. The largest absolute Gasteiger partial charge is 0.489 e. The molecule has 0 spiro atoms. The molecule has 1 unspecified atom stereocenters. The maximum atomic E-state index is 6.29. The first kappa shape index (κ1) is 19.7. The predicted octanol–water partition coefficient (Wildman–Crippen LogP) is 4.17. The van der Waals surface area contributed by atoms with Gasteiger partial charge < -0.3 is 14.2 Å².